The standard InChI is InChI=1S/C11H19N3OS.ClH/c1-4-11(5-2,7-12)9(15)14-10-13-6-8(3)16-10;/h6H,4-5,7,12H2,1-3H3,(H,13,14,15);1H. The van der Waals surface area contributed by atoms with Crippen molar-refractivity contribution >= 4 is 34.8 Å². The molecule has 1 heterocycles. The van der Waals surface area contributed by atoms with E-state index in [0.29, 0.717) is 11.7 Å². The van der Waals surface area contributed by atoms with Gasteiger partial charge in [0.05, 0.1) is 5.41 Å². The zero-order valence-corrected chi connectivity index (χ0v) is 12.1. The van der Waals surface area contributed by atoms with Crippen LogP contribution in [0.1, 0.15) is 31.6 Å². The molecule has 1 amide bonds. The van der Waals surface area contributed by atoms with Gasteiger partial charge >= 0.3 is 0 Å². The monoisotopic (exact) mass is 277 g/mol. The molecule has 0 unspecified atom stereocenters. The van der Waals surface area contributed by atoms with Crippen LogP contribution in [0.15, 0.2) is 6.20 Å². The van der Waals surface area contributed by atoms with Gasteiger partial charge in [-0.25, -0.2) is 4.98 Å². The summed E-state index contributed by atoms with van der Waals surface area (Å²) in [5.74, 6) is -0.0191. The fraction of sp³-hybridized carbons (Fsp3) is 0.636. The van der Waals surface area contributed by atoms with E-state index in [9.17, 15) is 4.79 Å². The summed E-state index contributed by atoms with van der Waals surface area (Å²) in [6.45, 7) is 6.31. The fourth-order valence-corrected chi connectivity index (χ4v) is 2.25. The lowest BCUT2D eigenvalue weighted by Gasteiger charge is -2.27. The number of anilines is 1. The summed E-state index contributed by atoms with van der Waals surface area (Å²) < 4.78 is 0. The van der Waals surface area contributed by atoms with Gasteiger partial charge in [-0.3, -0.25) is 4.79 Å². The van der Waals surface area contributed by atoms with Crippen LogP contribution in [0.25, 0.3) is 0 Å². The molecule has 0 fully saturated rings. The van der Waals surface area contributed by atoms with Crippen molar-refractivity contribution in [2.24, 2.45) is 11.1 Å². The van der Waals surface area contributed by atoms with Gasteiger partial charge in [0.15, 0.2) is 5.13 Å². The fourth-order valence-electron chi connectivity index (χ4n) is 1.59. The zero-order valence-electron chi connectivity index (χ0n) is 10.4. The number of aryl methyl sites for hydroxylation is 1. The highest BCUT2D eigenvalue weighted by Gasteiger charge is 2.33. The molecule has 6 heteroatoms. The van der Waals surface area contributed by atoms with Gasteiger partial charge in [0.25, 0.3) is 0 Å². The second kappa shape index (κ2) is 6.93. The summed E-state index contributed by atoms with van der Waals surface area (Å²) in [6, 6.07) is 0. The minimum atomic E-state index is -0.459. The first-order valence-corrected chi connectivity index (χ1v) is 6.33. The van der Waals surface area contributed by atoms with E-state index in [4.69, 9.17) is 5.73 Å². The van der Waals surface area contributed by atoms with Crippen molar-refractivity contribution < 1.29 is 4.79 Å². The van der Waals surface area contributed by atoms with Gasteiger partial charge in [-0.1, -0.05) is 13.8 Å². The van der Waals surface area contributed by atoms with Gasteiger partial charge in [-0.05, 0) is 19.8 Å². The molecule has 4 nitrogen and oxygen atoms in total. The molecule has 1 aromatic heterocycles. The third kappa shape index (κ3) is 3.66. The first kappa shape index (κ1) is 16.4. The van der Waals surface area contributed by atoms with E-state index in [-0.39, 0.29) is 18.3 Å². The second-order valence-electron chi connectivity index (χ2n) is 3.92. The van der Waals surface area contributed by atoms with Gasteiger partial charge in [0.1, 0.15) is 0 Å². The van der Waals surface area contributed by atoms with E-state index in [1.807, 2.05) is 20.8 Å². The number of thiazole rings is 1. The van der Waals surface area contributed by atoms with Crippen LogP contribution >= 0.6 is 23.7 Å². The average molecular weight is 278 g/mol. The van der Waals surface area contributed by atoms with Crippen molar-refractivity contribution in [1.82, 2.24) is 4.98 Å². The smallest absolute Gasteiger partial charge is 0.233 e. The summed E-state index contributed by atoms with van der Waals surface area (Å²) >= 11 is 1.48. The Morgan fingerprint density at radius 2 is 2.12 bits per heavy atom. The van der Waals surface area contributed by atoms with Crippen LogP contribution < -0.4 is 11.1 Å². The zero-order chi connectivity index (χ0) is 12.2. The minimum Gasteiger partial charge on any atom is -0.329 e. The Kier molecular flexibility index (Phi) is 6.67. The predicted molar refractivity (Wildman–Crippen MR) is 74.8 cm³/mol. The van der Waals surface area contributed by atoms with Gasteiger partial charge < -0.3 is 11.1 Å². The van der Waals surface area contributed by atoms with Gasteiger partial charge in [-0.15, -0.1) is 23.7 Å². The Balaban J connectivity index is 0.00000256. The average Bonchev–Trinajstić information content (AvgIpc) is 2.67. The number of nitrogens with two attached hydrogens (primary N) is 1. The lowest BCUT2D eigenvalue weighted by Crippen LogP contribution is -2.41. The van der Waals surface area contributed by atoms with Crippen molar-refractivity contribution in [2.45, 2.75) is 33.6 Å². The third-order valence-corrected chi connectivity index (χ3v) is 3.90. The van der Waals surface area contributed by atoms with Crippen molar-refractivity contribution in [3.63, 3.8) is 0 Å². The predicted octanol–water partition coefficient (Wildman–Crippen LogP) is 2.58. The topological polar surface area (TPSA) is 68.0 Å². The Morgan fingerprint density at radius 3 is 2.47 bits per heavy atom. The molecule has 0 atom stereocenters. The number of hydrogen-bond donors (Lipinski definition) is 2. The van der Waals surface area contributed by atoms with Gasteiger partial charge in [0, 0.05) is 17.6 Å². The summed E-state index contributed by atoms with van der Waals surface area (Å²) in [7, 11) is 0. The number of amides is 1. The highest BCUT2D eigenvalue weighted by molar-refractivity contribution is 7.15. The minimum absolute atomic E-state index is 0. The number of carbonyl (C=O) groups excluding carboxylic acids is 1. The van der Waals surface area contributed by atoms with E-state index in [1.165, 1.54) is 11.3 Å². The van der Waals surface area contributed by atoms with E-state index in [1.54, 1.807) is 6.20 Å². The van der Waals surface area contributed by atoms with Crippen LogP contribution in [-0.4, -0.2) is 17.4 Å². The second-order valence-corrected chi connectivity index (χ2v) is 5.16. The molecule has 0 aromatic carbocycles. The number of halogens is 1. The van der Waals surface area contributed by atoms with Crippen molar-refractivity contribution in [3.8, 4) is 0 Å². The maximum absolute atomic E-state index is 12.1. The summed E-state index contributed by atoms with van der Waals surface area (Å²) in [4.78, 5) is 17.3. The van der Waals surface area contributed by atoms with E-state index in [2.05, 4.69) is 10.3 Å². The number of nitrogens with zero attached hydrogens (tertiary/aromatic N) is 1. The number of aromatic nitrogens is 1. The highest BCUT2D eigenvalue weighted by atomic mass is 35.5. The van der Waals surface area contributed by atoms with Crippen molar-refractivity contribution in [1.29, 1.82) is 0 Å². The first-order chi connectivity index (χ1) is 7.57. The van der Waals surface area contributed by atoms with Gasteiger partial charge in [0.2, 0.25) is 5.91 Å². The molecule has 98 valence electrons. The van der Waals surface area contributed by atoms with E-state index < -0.39 is 5.41 Å². The molecule has 0 aliphatic rings. The number of nitrogens with one attached hydrogen (secondary N) is 1. The molecule has 0 saturated carbocycles. The number of carbonyl (C=O) groups is 1. The molecule has 1 rings (SSSR count). The summed E-state index contributed by atoms with van der Waals surface area (Å²) in [5, 5.41) is 3.50. The van der Waals surface area contributed by atoms with Crippen LogP contribution in [0.3, 0.4) is 0 Å². The normalized spacial score (nSPS) is 10.8. The molecule has 3 N–H and O–H groups in total. The Morgan fingerprint density at radius 1 is 1.53 bits per heavy atom. The van der Waals surface area contributed by atoms with E-state index in [0.717, 1.165) is 17.7 Å². The molecule has 17 heavy (non-hydrogen) atoms. The van der Waals surface area contributed by atoms with Crippen LogP contribution in [0.4, 0.5) is 5.13 Å². The SMILES string of the molecule is CCC(CC)(CN)C(=O)Nc1ncc(C)s1.Cl. The molecular weight excluding hydrogens is 258 g/mol. The molecule has 0 saturated heterocycles. The quantitative estimate of drug-likeness (QED) is 0.869. The van der Waals surface area contributed by atoms with Crippen LogP contribution in [-0.2, 0) is 4.79 Å². The number of rotatable bonds is 5. The van der Waals surface area contributed by atoms with Crippen molar-refractivity contribution in [2.75, 3.05) is 11.9 Å². The highest BCUT2D eigenvalue weighted by Crippen LogP contribution is 2.27. The molecule has 0 bridgehead atoms. The molecule has 0 aliphatic heterocycles. The maximum atomic E-state index is 12.1. The number of hydrogen-bond acceptors (Lipinski definition) is 4. The van der Waals surface area contributed by atoms with Gasteiger partial charge in [-0.2, -0.15) is 0 Å². The Labute approximate surface area is 112 Å². The van der Waals surface area contributed by atoms with Crippen LogP contribution in [0.5, 0.6) is 0 Å². The largest absolute Gasteiger partial charge is 0.329 e. The first-order valence-electron chi connectivity index (χ1n) is 5.52. The lowest BCUT2D eigenvalue weighted by atomic mass is 9.81. The lowest BCUT2D eigenvalue weighted by molar-refractivity contribution is -0.125. The molecule has 1 aromatic rings. The van der Waals surface area contributed by atoms with Crippen LogP contribution in [0.2, 0.25) is 0 Å². The molecule has 0 spiro atoms. The van der Waals surface area contributed by atoms with Crippen LogP contribution in [0, 0.1) is 12.3 Å². The Bertz CT molecular complexity index is 355. The summed E-state index contributed by atoms with van der Waals surface area (Å²) in [5.41, 5.74) is 5.25. The third-order valence-electron chi connectivity index (χ3n) is 3.07. The molecule has 0 aliphatic carbocycles. The Hall–Kier alpha value is -0.650. The summed E-state index contributed by atoms with van der Waals surface area (Å²) in [6.07, 6.45) is 3.24. The van der Waals surface area contributed by atoms with E-state index >= 15 is 0 Å². The molecular formula is C11H20ClN3OS. The van der Waals surface area contributed by atoms with Crippen molar-refractivity contribution in [3.05, 3.63) is 11.1 Å². The molecule has 0 radical (unpaired) electrons. The maximum Gasteiger partial charge on any atom is 0.233 e.